The second-order valence-corrected chi connectivity index (χ2v) is 5.51. The molecule has 21 heavy (non-hydrogen) atoms. The van der Waals surface area contributed by atoms with E-state index in [0.29, 0.717) is 21.4 Å². The normalized spacial score (nSPS) is 13.8. The van der Waals surface area contributed by atoms with Gasteiger partial charge >= 0.3 is 0 Å². The lowest BCUT2D eigenvalue weighted by molar-refractivity contribution is 0.147. The van der Waals surface area contributed by atoms with Gasteiger partial charge in [-0.25, -0.2) is 0 Å². The smallest absolute Gasteiger partial charge is 0.119 e. The van der Waals surface area contributed by atoms with Gasteiger partial charge in [-0.05, 0) is 29.8 Å². The average Bonchev–Trinajstić information content (AvgIpc) is 2.48. The van der Waals surface area contributed by atoms with Crippen LogP contribution in [0.25, 0.3) is 0 Å². The van der Waals surface area contributed by atoms with E-state index in [-0.39, 0.29) is 12.5 Å². The Kier molecular flexibility index (Phi) is 5.48. The van der Waals surface area contributed by atoms with E-state index in [1.165, 1.54) is 0 Å². The molecular formula is C16H17Cl2NO2. The number of aliphatic hydroxyl groups excluding tert-OH is 1. The Bertz CT molecular complexity index is 599. The lowest BCUT2D eigenvalue weighted by atomic mass is 9.89. The zero-order valence-corrected chi connectivity index (χ0v) is 13.1. The first-order valence-electron chi connectivity index (χ1n) is 6.54. The minimum Gasteiger partial charge on any atom is -0.497 e. The second kappa shape index (κ2) is 7.14. The van der Waals surface area contributed by atoms with Gasteiger partial charge in [0.2, 0.25) is 0 Å². The fraction of sp³-hybridized carbons (Fsp3) is 0.250. The quantitative estimate of drug-likeness (QED) is 0.879. The Morgan fingerprint density at radius 1 is 1.14 bits per heavy atom. The Morgan fingerprint density at radius 3 is 2.33 bits per heavy atom. The number of ether oxygens (including phenoxy) is 1. The highest BCUT2D eigenvalue weighted by Gasteiger charge is 2.25. The fourth-order valence-corrected chi connectivity index (χ4v) is 2.93. The minimum atomic E-state index is -0.886. The van der Waals surface area contributed by atoms with Crippen LogP contribution in [0.2, 0.25) is 10.0 Å². The molecule has 2 unspecified atom stereocenters. The monoisotopic (exact) mass is 325 g/mol. The van der Waals surface area contributed by atoms with Crippen LogP contribution >= 0.6 is 23.2 Å². The number of hydrogen-bond acceptors (Lipinski definition) is 3. The summed E-state index contributed by atoms with van der Waals surface area (Å²) >= 11 is 12.3. The molecule has 0 heterocycles. The molecule has 2 aromatic rings. The van der Waals surface area contributed by atoms with Gasteiger partial charge in [0, 0.05) is 28.1 Å². The van der Waals surface area contributed by atoms with Gasteiger partial charge in [0.15, 0.2) is 0 Å². The molecule has 0 amide bonds. The summed E-state index contributed by atoms with van der Waals surface area (Å²) in [6.07, 6.45) is -0.886. The highest BCUT2D eigenvalue weighted by atomic mass is 35.5. The lowest BCUT2D eigenvalue weighted by Crippen LogP contribution is -2.20. The van der Waals surface area contributed by atoms with Gasteiger partial charge in [-0.1, -0.05) is 41.4 Å². The summed E-state index contributed by atoms with van der Waals surface area (Å²) in [6.45, 7) is 0.260. The maximum Gasteiger partial charge on any atom is 0.119 e. The molecule has 0 spiro atoms. The molecule has 3 nitrogen and oxygen atoms in total. The van der Waals surface area contributed by atoms with Gasteiger partial charge in [0.05, 0.1) is 13.2 Å². The van der Waals surface area contributed by atoms with Gasteiger partial charge in [-0.15, -0.1) is 0 Å². The molecule has 0 aliphatic rings. The predicted molar refractivity (Wildman–Crippen MR) is 86.2 cm³/mol. The molecule has 2 rings (SSSR count). The number of rotatable bonds is 5. The number of methoxy groups -OCH3 is 1. The maximum absolute atomic E-state index is 10.7. The van der Waals surface area contributed by atoms with Crippen molar-refractivity contribution in [1.29, 1.82) is 0 Å². The van der Waals surface area contributed by atoms with Crippen LogP contribution in [0, 0.1) is 0 Å². The molecule has 3 N–H and O–H groups in total. The molecule has 0 saturated carbocycles. The molecule has 0 aromatic heterocycles. The van der Waals surface area contributed by atoms with Gasteiger partial charge in [-0.3, -0.25) is 0 Å². The summed E-state index contributed by atoms with van der Waals surface area (Å²) in [5.74, 6) is 0.390. The van der Waals surface area contributed by atoms with Crippen molar-refractivity contribution >= 4 is 23.2 Å². The number of halogens is 2. The van der Waals surface area contributed by atoms with E-state index in [9.17, 15) is 5.11 Å². The van der Waals surface area contributed by atoms with E-state index >= 15 is 0 Å². The van der Waals surface area contributed by atoms with E-state index in [2.05, 4.69) is 0 Å². The predicted octanol–water partition coefficient (Wildman–Crippen LogP) is 3.78. The molecule has 2 aromatic carbocycles. The van der Waals surface area contributed by atoms with Crippen molar-refractivity contribution in [3.8, 4) is 5.75 Å². The second-order valence-electron chi connectivity index (χ2n) is 4.70. The summed E-state index contributed by atoms with van der Waals surface area (Å²) in [6, 6.07) is 12.6. The van der Waals surface area contributed by atoms with Crippen LogP contribution in [0.4, 0.5) is 0 Å². The maximum atomic E-state index is 10.7. The molecule has 0 aliphatic heterocycles. The molecule has 0 bridgehead atoms. The first kappa shape index (κ1) is 16.1. The van der Waals surface area contributed by atoms with E-state index in [0.717, 1.165) is 5.56 Å². The molecule has 112 valence electrons. The van der Waals surface area contributed by atoms with Gasteiger partial charge in [0.25, 0.3) is 0 Å². The highest BCUT2D eigenvalue weighted by molar-refractivity contribution is 6.36. The first-order chi connectivity index (χ1) is 10.1. The summed E-state index contributed by atoms with van der Waals surface area (Å²) in [5, 5.41) is 11.5. The average molecular weight is 326 g/mol. The van der Waals surface area contributed by atoms with Crippen LogP contribution in [0.15, 0.2) is 42.5 Å². The third-order valence-corrected chi connectivity index (χ3v) is 4.11. The van der Waals surface area contributed by atoms with Crippen molar-refractivity contribution in [1.82, 2.24) is 0 Å². The van der Waals surface area contributed by atoms with E-state index in [4.69, 9.17) is 33.7 Å². The highest BCUT2D eigenvalue weighted by Crippen LogP contribution is 2.38. The van der Waals surface area contributed by atoms with Crippen LogP contribution in [-0.2, 0) is 0 Å². The van der Waals surface area contributed by atoms with E-state index < -0.39 is 6.10 Å². The van der Waals surface area contributed by atoms with Crippen molar-refractivity contribution in [3.05, 3.63) is 63.6 Å². The number of hydrogen-bond donors (Lipinski definition) is 2. The minimum absolute atomic E-state index is 0.260. The van der Waals surface area contributed by atoms with Crippen LogP contribution in [0.5, 0.6) is 5.75 Å². The van der Waals surface area contributed by atoms with Crippen LogP contribution in [0.1, 0.15) is 23.1 Å². The van der Waals surface area contributed by atoms with Gasteiger partial charge < -0.3 is 15.6 Å². The zero-order chi connectivity index (χ0) is 15.4. The molecule has 5 heteroatoms. The van der Waals surface area contributed by atoms with Crippen molar-refractivity contribution in [2.45, 2.75) is 12.0 Å². The van der Waals surface area contributed by atoms with Crippen molar-refractivity contribution in [2.24, 2.45) is 5.73 Å². The number of aliphatic hydroxyl groups is 1. The van der Waals surface area contributed by atoms with Gasteiger partial charge in [0.1, 0.15) is 5.75 Å². The number of nitrogens with two attached hydrogens (primary N) is 1. The van der Waals surface area contributed by atoms with Gasteiger partial charge in [-0.2, -0.15) is 0 Å². The topological polar surface area (TPSA) is 55.5 Å². The zero-order valence-electron chi connectivity index (χ0n) is 11.6. The molecule has 0 fully saturated rings. The Labute approximate surface area is 134 Å². The Morgan fingerprint density at radius 2 is 1.76 bits per heavy atom. The fourth-order valence-electron chi connectivity index (χ4n) is 2.31. The van der Waals surface area contributed by atoms with Crippen molar-refractivity contribution in [3.63, 3.8) is 0 Å². The molecule has 2 atom stereocenters. The summed E-state index contributed by atoms with van der Waals surface area (Å²) in [5.41, 5.74) is 7.22. The van der Waals surface area contributed by atoms with E-state index in [1.807, 2.05) is 24.3 Å². The Hall–Kier alpha value is -1.26. The SMILES string of the molecule is COc1cccc(C(CN)C(O)c2c(Cl)cccc2Cl)c1. The van der Waals surface area contributed by atoms with Crippen LogP contribution in [-0.4, -0.2) is 18.8 Å². The largest absolute Gasteiger partial charge is 0.497 e. The summed E-state index contributed by atoms with van der Waals surface area (Å²) in [7, 11) is 1.60. The van der Waals surface area contributed by atoms with Crippen molar-refractivity contribution in [2.75, 3.05) is 13.7 Å². The number of benzene rings is 2. The summed E-state index contributed by atoms with van der Waals surface area (Å²) in [4.78, 5) is 0. The third-order valence-electron chi connectivity index (χ3n) is 3.45. The summed E-state index contributed by atoms with van der Waals surface area (Å²) < 4.78 is 5.21. The molecule has 0 saturated heterocycles. The van der Waals surface area contributed by atoms with Crippen LogP contribution in [0.3, 0.4) is 0 Å². The lowest BCUT2D eigenvalue weighted by Gasteiger charge is -2.24. The molecule has 0 radical (unpaired) electrons. The third kappa shape index (κ3) is 3.50. The van der Waals surface area contributed by atoms with Crippen molar-refractivity contribution < 1.29 is 9.84 Å². The molecular weight excluding hydrogens is 309 g/mol. The van der Waals surface area contributed by atoms with Crippen LogP contribution < -0.4 is 10.5 Å². The van der Waals surface area contributed by atoms with E-state index in [1.54, 1.807) is 25.3 Å². The Balaban J connectivity index is 2.40. The standard InChI is InChI=1S/C16H17Cl2NO2/c1-21-11-5-2-4-10(8-11)12(9-19)16(20)15-13(17)6-3-7-14(15)18/h2-8,12,16,20H,9,19H2,1H3. The first-order valence-corrected chi connectivity index (χ1v) is 7.30. The molecule has 0 aliphatic carbocycles.